The minimum atomic E-state index is -0.900. The lowest BCUT2D eigenvalue weighted by Crippen LogP contribution is -2.31. The molecule has 0 aliphatic carbocycles. The highest BCUT2D eigenvalue weighted by molar-refractivity contribution is 5.82. The zero-order valence-corrected chi connectivity index (χ0v) is 35.7. The van der Waals surface area contributed by atoms with Crippen molar-refractivity contribution >= 4 is 11.1 Å². The number of rotatable bonds is 14. The average Bonchev–Trinajstić information content (AvgIpc) is 3.19. The molecular weight excluding hydrogens is 745 g/mol. The van der Waals surface area contributed by atoms with E-state index in [9.17, 15) is 30.6 Å². The van der Waals surface area contributed by atoms with Gasteiger partial charge in [-0.25, -0.2) is 0 Å². The second-order valence-corrected chi connectivity index (χ2v) is 18.1. The molecule has 6 nitrogen and oxygen atoms in total. The van der Waals surface area contributed by atoms with Gasteiger partial charge in [0.2, 0.25) is 0 Å². The van der Waals surface area contributed by atoms with Crippen LogP contribution in [0.5, 0.6) is 34.5 Å². The Labute approximate surface area is 355 Å². The first kappa shape index (κ1) is 43.2. The van der Waals surface area contributed by atoms with Gasteiger partial charge < -0.3 is 30.6 Å². The van der Waals surface area contributed by atoms with E-state index in [2.05, 4.69) is 54.5 Å². The lowest BCUT2D eigenvalue weighted by atomic mass is 9.65. The molecule has 6 N–H and O–H groups in total. The van der Waals surface area contributed by atoms with Crippen LogP contribution in [0.3, 0.4) is 0 Å². The highest BCUT2D eigenvalue weighted by atomic mass is 16.3. The Morgan fingerprint density at radius 3 is 1.23 bits per heavy atom. The standard InChI is InChI=1S/C54H58O6/c1-51(2,40-22-10-16-28-47(40)57)34-39(38-21-9-15-27-46(38)56)44(53(5,6)42-24-12-18-30-49(42)59)32-36(37-20-8-14-26-45(37)55)33-54(7,43-25-13-19-31-50(43)60)35-52(3,4)41-23-11-17-29-48(41)58/h8-31,33,55-60H,32,34-35H2,1-7H3. The van der Waals surface area contributed by atoms with Gasteiger partial charge in [0.1, 0.15) is 34.5 Å². The van der Waals surface area contributed by atoms with Gasteiger partial charge in [0.15, 0.2) is 0 Å². The zero-order valence-electron chi connectivity index (χ0n) is 35.7. The number of phenolic OH excluding ortho intramolecular Hbond substituents is 6. The Morgan fingerprint density at radius 1 is 0.417 bits per heavy atom. The predicted molar refractivity (Wildman–Crippen MR) is 244 cm³/mol. The summed E-state index contributed by atoms with van der Waals surface area (Å²) in [7, 11) is 0. The van der Waals surface area contributed by atoms with E-state index in [4.69, 9.17) is 0 Å². The molecule has 310 valence electrons. The number of phenols is 6. The minimum absolute atomic E-state index is 0.0710. The van der Waals surface area contributed by atoms with E-state index in [1.807, 2.05) is 72.8 Å². The van der Waals surface area contributed by atoms with Gasteiger partial charge in [0.05, 0.1) is 0 Å². The molecule has 0 fully saturated rings. The molecule has 0 radical (unpaired) electrons. The maximum Gasteiger partial charge on any atom is 0.123 e. The van der Waals surface area contributed by atoms with Gasteiger partial charge in [-0.1, -0.05) is 169 Å². The topological polar surface area (TPSA) is 121 Å². The smallest absolute Gasteiger partial charge is 0.123 e. The van der Waals surface area contributed by atoms with Crippen LogP contribution >= 0.6 is 0 Å². The normalized spacial score (nSPS) is 14.0. The van der Waals surface area contributed by atoms with Gasteiger partial charge in [-0.15, -0.1) is 0 Å². The Bertz CT molecular complexity index is 2540. The summed E-state index contributed by atoms with van der Waals surface area (Å²) in [6, 6.07) is 43.7. The first-order chi connectivity index (χ1) is 28.4. The molecule has 0 bridgehead atoms. The van der Waals surface area contributed by atoms with E-state index in [0.717, 1.165) is 27.8 Å². The molecule has 6 rings (SSSR count). The second-order valence-electron chi connectivity index (χ2n) is 18.1. The maximum atomic E-state index is 11.7. The molecule has 1 atom stereocenters. The molecule has 6 aromatic carbocycles. The van der Waals surface area contributed by atoms with Crippen LogP contribution in [0.4, 0.5) is 0 Å². The number of aromatic hydroxyl groups is 6. The molecule has 0 aliphatic rings. The van der Waals surface area contributed by atoms with Gasteiger partial charge in [-0.3, -0.25) is 0 Å². The molecule has 60 heavy (non-hydrogen) atoms. The van der Waals surface area contributed by atoms with Gasteiger partial charge in [-0.05, 0) is 88.8 Å². The third-order valence-electron chi connectivity index (χ3n) is 12.2. The summed E-state index contributed by atoms with van der Waals surface area (Å²) in [6.45, 7) is 14.5. The Balaban J connectivity index is 1.72. The van der Waals surface area contributed by atoms with Crippen molar-refractivity contribution in [2.45, 2.75) is 89.4 Å². The van der Waals surface area contributed by atoms with Crippen LogP contribution in [-0.4, -0.2) is 30.6 Å². The maximum absolute atomic E-state index is 11.7. The molecule has 0 aromatic heterocycles. The first-order valence-electron chi connectivity index (χ1n) is 20.5. The van der Waals surface area contributed by atoms with Gasteiger partial charge in [-0.2, -0.15) is 0 Å². The van der Waals surface area contributed by atoms with Crippen LogP contribution < -0.4 is 0 Å². The molecule has 0 heterocycles. The third kappa shape index (κ3) is 8.93. The minimum Gasteiger partial charge on any atom is -0.508 e. The van der Waals surface area contributed by atoms with Crippen molar-refractivity contribution in [1.29, 1.82) is 0 Å². The SMILES string of the molecule is CC(C)(CC(=C(CC(=CC(C)(CC(C)(C)c1ccccc1O)c1ccccc1O)c1ccccc1O)C(C)(C)c1ccccc1O)c1ccccc1O)c1ccccc1O. The Morgan fingerprint density at radius 2 is 0.783 bits per heavy atom. The molecular formula is C54H58O6. The summed E-state index contributed by atoms with van der Waals surface area (Å²) in [6.07, 6.45) is 3.19. The van der Waals surface area contributed by atoms with E-state index >= 15 is 0 Å². The van der Waals surface area contributed by atoms with Crippen molar-refractivity contribution in [3.05, 3.63) is 191 Å². The number of para-hydroxylation sites is 6. The fourth-order valence-electron chi connectivity index (χ4n) is 9.33. The van der Waals surface area contributed by atoms with Crippen LogP contribution in [0, 0.1) is 0 Å². The van der Waals surface area contributed by atoms with E-state index in [0.29, 0.717) is 35.1 Å². The third-order valence-corrected chi connectivity index (χ3v) is 12.2. The molecule has 0 aliphatic heterocycles. The summed E-state index contributed by atoms with van der Waals surface area (Å²) in [5.41, 5.74) is 3.42. The quantitative estimate of drug-likeness (QED) is 0.0652. The Hall–Kier alpha value is -6.40. The highest BCUT2D eigenvalue weighted by Gasteiger charge is 2.39. The molecule has 0 saturated heterocycles. The van der Waals surface area contributed by atoms with Crippen molar-refractivity contribution < 1.29 is 30.6 Å². The largest absolute Gasteiger partial charge is 0.508 e. The van der Waals surface area contributed by atoms with Crippen LogP contribution in [0.25, 0.3) is 11.1 Å². The summed E-state index contributed by atoms with van der Waals surface area (Å²) >= 11 is 0. The van der Waals surface area contributed by atoms with Crippen LogP contribution in [-0.2, 0) is 21.7 Å². The number of benzene rings is 6. The lowest BCUT2D eigenvalue weighted by Gasteiger charge is -2.39. The molecule has 6 aromatic rings. The van der Waals surface area contributed by atoms with Crippen molar-refractivity contribution in [3.63, 3.8) is 0 Å². The molecule has 0 spiro atoms. The van der Waals surface area contributed by atoms with Crippen LogP contribution in [0.15, 0.2) is 157 Å². The van der Waals surface area contributed by atoms with Gasteiger partial charge >= 0.3 is 0 Å². The number of hydrogen-bond donors (Lipinski definition) is 6. The van der Waals surface area contributed by atoms with Crippen molar-refractivity contribution in [2.75, 3.05) is 0 Å². The first-order valence-corrected chi connectivity index (χ1v) is 20.5. The zero-order chi connectivity index (χ0) is 43.5. The number of allylic oxidation sites excluding steroid dienone is 4. The van der Waals surface area contributed by atoms with E-state index < -0.39 is 21.7 Å². The summed E-state index contributed by atoms with van der Waals surface area (Å²) in [5.74, 6) is 0.741. The number of hydrogen-bond acceptors (Lipinski definition) is 6. The lowest BCUT2D eigenvalue weighted by molar-refractivity contribution is 0.352. The molecule has 0 amide bonds. The molecule has 0 saturated carbocycles. The monoisotopic (exact) mass is 802 g/mol. The average molecular weight is 803 g/mol. The van der Waals surface area contributed by atoms with Gasteiger partial charge in [0.25, 0.3) is 0 Å². The van der Waals surface area contributed by atoms with Crippen LogP contribution in [0.1, 0.15) is 101 Å². The fourth-order valence-corrected chi connectivity index (χ4v) is 9.33. The Kier molecular flexibility index (Phi) is 12.3. The molecule has 1 unspecified atom stereocenters. The molecule has 6 heteroatoms. The van der Waals surface area contributed by atoms with Crippen LogP contribution in [0.2, 0.25) is 0 Å². The van der Waals surface area contributed by atoms with Crippen molar-refractivity contribution in [3.8, 4) is 34.5 Å². The van der Waals surface area contributed by atoms with E-state index in [1.54, 1.807) is 72.8 Å². The fraction of sp³-hybridized carbons (Fsp3) is 0.259. The predicted octanol–water partition coefficient (Wildman–Crippen LogP) is 12.8. The van der Waals surface area contributed by atoms with Gasteiger partial charge in [0, 0.05) is 33.1 Å². The van der Waals surface area contributed by atoms with E-state index in [-0.39, 0.29) is 40.9 Å². The summed E-state index contributed by atoms with van der Waals surface area (Å²) < 4.78 is 0. The van der Waals surface area contributed by atoms with Crippen molar-refractivity contribution in [1.82, 2.24) is 0 Å². The summed E-state index contributed by atoms with van der Waals surface area (Å²) in [5, 5.41) is 69.0. The van der Waals surface area contributed by atoms with Crippen molar-refractivity contribution in [2.24, 2.45) is 0 Å². The van der Waals surface area contributed by atoms with E-state index in [1.165, 1.54) is 0 Å². The highest BCUT2D eigenvalue weighted by Crippen LogP contribution is 2.52. The summed E-state index contributed by atoms with van der Waals surface area (Å²) in [4.78, 5) is 0. The second kappa shape index (κ2) is 17.1.